The van der Waals surface area contributed by atoms with Crippen molar-refractivity contribution in [3.05, 3.63) is 36.5 Å². The lowest BCUT2D eigenvalue weighted by molar-refractivity contribution is 0.564. The van der Waals surface area contributed by atoms with Gasteiger partial charge in [-0.25, -0.2) is 13.1 Å². The van der Waals surface area contributed by atoms with E-state index in [2.05, 4.69) is 9.71 Å². The summed E-state index contributed by atoms with van der Waals surface area (Å²) in [5.74, 6) is 0. The molecule has 1 atom stereocenters. The van der Waals surface area contributed by atoms with E-state index in [9.17, 15) is 8.42 Å². The lowest BCUT2D eigenvalue weighted by Gasteiger charge is -2.12. The Labute approximate surface area is 111 Å². The van der Waals surface area contributed by atoms with Crippen molar-refractivity contribution in [3.63, 3.8) is 0 Å². The third-order valence-electron chi connectivity index (χ3n) is 2.65. The standard InChI is InChI=1S/C13H13N3O2S/c1-10(7-8-14)16-19(17,18)13-6-2-5-12-11(13)4-3-9-15-12/h2-6,9-10,16H,7H2,1H3. The average molecular weight is 275 g/mol. The Morgan fingerprint density at radius 1 is 1.37 bits per heavy atom. The van der Waals surface area contributed by atoms with Crippen LogP contribution >= 0.6 is 0 Å². The van der Waals surface area contributed by atoms with E-state index in [1.54, 1.807) is 37.4 Å². The van der Waals surface area contributed by atoms with Gasteiger partial charge in [0.1, 0.15) is 0 Å². The van der Waals surface area contributed by atoms with Gasteiger partial charge >= 0.3 is 0 Å². The van der Waals surface area contributed by atoms with Gasteiger partial charge in [-0.3, -0.25) is 4.98 Å². The van der Waals surface area contributed by atoms with Crippen LogP contribution in [0.25, 0.3) is 10.9 Å². The fourth-order valence-electron chi connectivity index (χ4n) is 1.82. The molecule has 0 spiro atoms. The van der Waals surface area contributed by atoms with Gasteiger partial charge in [-0.1, -0.05) is 6.07 Å². The van der Waals surface area contributed by atoms with Crippen molar-refractivity contribution >= 4 is 20.9 Å². The predicted octanol–water partition coefficient (Wildman–Crippen LogP) is 1.82. The number of hydrogen-bond donors (Lipinski definition) is 1. The highest BCUT2D eigenvalue weighted by molar-refractivity contribution is 7.89. The quantitative estimate of drug-likeness (QED) is 0.922. The van der Waals surface area contributed by atoms with Gasteiger partial charge in [0.15, 0.2) is 0 Å². The molecule has 0 saturated carbocycles. The molecule has 0 fully saturated rings. The van der Waals surface area contributed by atoms with Gasteiger partial charge in [-0.2, -0.15) is 5.26 Å². The maximum Gasteiger partial charge on any atom is 0.241 e. The number of aromatic nitrogens is 1. The molecular weight excluding hydrogens is 262 g/mol. The first-order chi connectivity index (χ1) is 9.04. The second kappa shape index (κ2) is 5.34. The number of fused-ring (bicyclic) bond motifs is 1. The number of pyridine rings is 1. The number of nitrogens with zero attached hydrogens (tertiary/aromatic N) is 2. The Kier molecular flexibility index (Phi) is 3.79. The van der Waals surface area contributed by atoms with Crippen LogP contribution < -0.4 is 4.72 Å². The number of nitriles is 1. The second-order valence-corrected chi connectivity index (χ2v) is 5.89. The van der Waals surface area contributed by atoms with Crippen LogP contribution in [0.1, 0.15) is 13.3 Å². The van der Waals surface area contributed by atoms with Crippen LogP contribution in [0, 0.1) is 11.3 Å². The summed E-state index contributed by atoms with van der Waals surface area (Å²) in [6, 6.07) is 9.86. The summed E-state index contributed by atoms with van der Waals surface area (Å²) in [5.41, 5.74) is 0.623. The zero-order valence-corrected chi connectivity index (χ0v) is 11.2. The SMILES string of the molecule is CC(CC#N)NS(=O)(=O)c1cccc2ncccc12. The largest absolute Gasteiger partial charge is 0.256 e. The summed E-state index contributed by atoms with van der Waals surface area (Å²) in [7, 11) is -3.65. The summed E-state index contributed by atoms with van der Waals surface area (Å²) in [6.07, 6.45) is 1.74. The molecule has 0 aliphatic heterocycles. The lowest BCUT2D eigenvalue weighted by Crippen LogP contribution is -2.32. The molecule has 98 valence electrons. The van der Waals surface area contributed by atoms with E-state index in [1.807, 2.05) is 6.07 Å². The Morgan fingerprint density at radius 3 is 2.89 bits per heavy atom. The van der Waals surface area contributed by atoms with E-state index in [0.29, 0.717) is 10.9 Å². The molecule has 0 amide bonds. The Balaban J connectivity index is 2.47. The molecule has 1 heterocycles. The molecular formula is C13H13N3O2S. The number of nitrogens with one attached hydrogen (secondary N) is 1. The highest BCUT2D eigenvalue weighted by Gasteiger charge is 2.19. The van der Waals surface area contributed by atoms with Crippen molar-refractivity contribution in [3.8, 4) is 6.07 Å². The lowest BCUT2D eigenvalue weighted by atomic mass is 10.2. The molecule has 6 heteroatoms. The van der Waals surface area contributed by atoms with E-state index in [4.69, 9.17) is 5.26 Å². The Morgan fingerprint density at radius 2 is 2.16 bits per heavy atom. The fourth-order valence-corrected chi connectivity index (χ4v) is 3.28. The minimum atomic E-state index is -3.65. The van der Waals surface area contributed by atoms with Gasteiger partial charge in [-0.15, -0.1) is 0 Å². The first-order valence-electron chi connectivity index (χ1n) is 5.77. The van der Waals surface area contributed by atoms with Crippen molar-refractivity contribution in [2.75, 3.05) is 0 Å². The smallest absolute Gasteiger partial charge is 0.241 e. The molecule has 0 radical (unpaired) electrons. The van der Waals surface area contributed by atoms with Gasteiger partial charge in [0, 0.05) is 17.6 Å². The zero-order chi connectivity index (χ0) is 13.9. The summed E-state index contributed by atoms with van der Waals surface area (Å²) < 4.78 is 27.1. The first kappa shape index (κ1) is 13.5. The highest BCUT2D eigenvalue weighted by Crippen LogP contribution is 2.21. The zero-order valence-electron chi connectivity index (χ0n) is 10.4. The van der Waals surface area contributed by atoms with Crippen molar-refractivity contribution < 1.29 is 8.42 Å². The molecule has 1 aromatic heterocycles. The molecule has 19 heavy (non-hydrogen) atoms. The van der Waals surface area contributed by atoms with E-state index in [0.717, 1.165) is 0 Å². The normalized spacial score (nSPS) is 13.1. The number of sulfonamides is 1. The number of rotatable bonds is 4. The van der Waals surface area contributed by atoms with Gasteiger partial charge in [0.2, 0.25) is 10.0 Å². The molecule has 2 aromatic rings. The maximum absolute atomic E-state index is 12.3. The van der Waals surface area contributed by atoms with Crippen LogP contribution in [0.15, 0.2) is 41.4 Å². The Bertz CT molecular complexity index is 730. The van der Waals surface area contributed by atoms with Crippen LogP contribution in [0.2, 0.25) is 0 Å². The number of hydrogen-bond acceptors (Lipinski definition) is 4. The summed E-state index contributed by atoms with van der Waals surface area (Å²) in [5, 5.41) is 9.15. The fraction of sp³-hybridized carbons (Fsp3) is 0.231. The van der Waals surface area contributed by atoms with E-state index in [1.165, 1.54) is 6.07 Å². The van der Waals surface area contributed by atoms with Crippen LogP contribution in [0.5, 0.6) is 0 Å². The molecule has 0 saturated heterocycles. The van der Waals surface area contributed by atoms with Crippen LogP contribution in [-0.4, -0.2) is 19.4 Å². The Hall–Kier alpha value is -1.97. The van der Waals surface area contributed by atoms with Crippen molar-refractivity contribution in [2.45, 2.75) is 24.3 Å². The molecule has 5 nitrogen and oxygen atoms in total. The molecule has 1 N–H and O–H groups in total. The van der Waals surface area contributed by atoms with Gasteiger partial charge in [0.25, 0.3) is 0 Å². The average Bonchev–Trinajstić information content (AvgIpc) is 2.37. The minimum Gasteiger partial charge on any atom is -0.256 e. The second-order valence-electron chi connectivity index (χ2n) is 4.21. The summed E-state index contributed by atoms with van der Waals surface area (Å²) >= 11 is 0. The van der Waals surface area contributed by atoms with Crippen LogP contribution in [0.3, 0.4) is 0 Å². The molecule has 2 rings (SSSR count). The highest BCUT2D eigenvalue weighted by atomic mass is 32.2. The van der Waals surface area contributed by atoms with Crippen LogP contribution in [0.4, 0.5) is 0 Å². The first-order valence-corrected chi connectivity index (χ1v) is 7.26. The van der Waals surface area contributed by atoms with Crippen LogP contribution in [-0.2, 0) is 10.0 Å². The predicted molar refractivity (Wildman–Crippen MR) is 71.8 cm³/mol. The van der Waals surface area contributed by atoms with E-state index >= 15 is 0 Å². The topological polar surface area (TPSA) is 82.9 Å². The van der Waals surface area contributed by atoms with Crippen molar-refractivity contribution in [1.82, 2.24) is 9.71 Å². The van der Waals surface area contributed by atoms with Gasteiger partial charge < -0.3 is 0 Å². The molecule has 1 unspecified atom stereocenters. The van der Waals surface area contributed by atoms with Gasteiger partial charge in [-0.05, 0) is 31.2 Å². The third kappa shape index (κ3) is 2.89. The maximum atomic E-state index is 12.3. The molecule has 0 bridgehead atoms. The molecule has 1 aromatic carbocycles. The minimum absolute atomic E-state index is 0.127. The number of benzene rings is 1. The third-order valence-corrected chi connectivity index (χ3v) is 4.30. The van der Waals surface area contributed by atoms with E-state index in [-0.39, 0.29) is 11.3 Å². The monoisotopic (exact) mass is 275 g/mol. The van der Waals surface area contributed by atoms with E-state index < -0.39 is 16.1 Å². The summed E-state index contributed by atoms with van der Waals surface area (Å²) in [4.78, 5) is 4.31. The van der Waals surface area contributed by atoms with Crippen molar-refractivity contribution in [2.24, 2.45) is 0 Å². The molecule has 0 aliphatic carbocycles. The van der Waals surface area contributed by atoms with Gasteiger partial charge in [0.05, 0.1) is 22.9 Å². The molecule has 0 aliphatic rings. The van der Waals surface area contributed by atoms with Crippen molar-refractivity contribution in [1.29, 1.82) is 5.26 Å². The summed E-state index contributed by atoms with van der Waals surface area (Å²) in [6.45, 7) is 1.66.